The summed E-state index contributed by atoms with van der Waals surface area (Å²) < 4.78 is 16.9. The molecule has 0 radical (unpaired) electrons. The van der Waals surface area contributed by atoms with E-state index in [1.807, 2.05) is 42.7 Å². The highest BCUT2D eigenvalue weighted by atomic mass is 32.1. The highest BCUT2D eigenvalue weighted by molar-refractivity contribution is 7.18. The van der Waals surface area contributed by atoms with E-state index in [4.69, 9.17) is 14.2 Å². The first-order chi connectivity index (χ1) is 15.4. The van der Waals surface area contributed by atoms with Crippen molar-refractivity contribution in [3.63, 3.8) is 0 Å². The van der Waals surface area contributed by atoms with Gasteiger partial charge in [-0.2, -0.15) is 4.57 Å². The fourth-order valence-electron chi connectivity index (χ4n) is 3.14. The first kappa shape index (κ1) is 23.4. The van der Waals surface area contributed by atoms with Crippen molar-refractivity contribution < 1.29 is 33.2 Å². The van der Waals surface area contributed by atoms with Crippen LogP contribution in [0.4, 0.5) is 5.00 Å². The standard InChI is InChI=1S/C23H24N2O6S/c1-4-30-22(27)19-15(2)20(23(28)31-12-11-29-3)32-21(19)24-18(26)14-25-10-9-16-7-5-6-8-17(16)13-25/h5-10,13H,4,11-12,14H2,1-3H3/p+1. The zero-order chi connectivity index (χ0) is 23.1. The molecular weight excluding hydrogens is 432 g/mol. The Bertz CT molecular complexity index is 1140. The summed E-state index contributed by atoms with van der Waals surface area (Å²) in [5.74, 6) is -1.53. The van der Waals surface area contributed by atoms with Gasteiger partial charge in [-0.25, -0.2) is 9.59 Å². The summed E-state index contributed by atoms with van der Waals surface area (Å²) in [4.78, 5) is 38.0. The molecule has 3 aromatic rings. The lowest BCUT2D eigenvalue weighted by Gasteiger charge is -2.06. The van der Waals surface area contributed by atoms with Crippen molar-refractivity contribution in [2.24, 2.45) is 0 Å². The molecule has 1 amide bonds. The maximum atomic E-state index is 12.7. The third-order valence-corrected chi connectivity index (χ3v) is 5.85. The van der Waals surface area contributed by atoms with Crippen molar-refractivity contribution in [3.8, 4) is 0 Å². The fraction of sp³-hybridized carbons (Fsp3) is 0.304. The number of amides is 1. The third kappa shape index (κ3) is 5.49. The quantitative estimate of drug-likeness (QED) is 0.301. The van der Waals surface area contributed by atoms with Crippen LogP contribution in [0, 0.1) is 6.92 Å². The number of carbonyl (C=O) groups excluding carboxylic acids is 3. The molecule has 2 heterocycles. The Kier molecular flexibility index (Phi) is 7.91. The smallest absolute Gasteiger partial charge is 0.348 e. The summed E-state index contributed by atoms with van der Waals surface area (Å²) in [5, 5.41) is 5.08. The van der Waals surface area contributed by atoms with Crippen molar-refractivity contribution in [2.75, 3.05) is 32.2 Å². The van der Waals surface area contributed by atoms with Crippen molar-refractivity contribution >= 4 is 45.0 Å². The third-order valence-electron chi connectivity index (χ3n) is 4.66. The number of hydrogen-bond donors (Lipinski definition) is 1. The fourth-order valence-corrected chi connectivity index (χ4v) is 4.24. The number of fused-ring (bicyclic) bond motifs is 1. The minimum absolute atomic E-state index is 0.0394. The molecule has 0 spiro atoms. The number of carbonyl (C=O) groups is 3. The van der Waals surface area contributed by atoms with Crippen LogP contribution in [0.15, 0.2) is 42.7 Å². The molecule has 32 heavy (non-hydrogen) atoms. The molecule has 3 rings (SSSR count). The highest BCUT2D eigenvalue weighted by Crippen LogP contribution is 2.34. The van der Waals surface area contributed by atoms with Crippen molar-refractivity contribution in [2.45, 2.75) is 20.4 Å². The zero-order valence-electron chi connectivity index (χ0n) is 18.2. The second-order valence-electron chi connectivity index (χ2n) is 6.90. The van der Waals surface area contributed by atoms with Crippen LogP contribution in [0.5, 0.6) is 0 Å². The summed E-state index contributed by atoms with van der Waals surface area (Å²) in [6.45, 7) is 3.87. The molecule has 2 aromatic heterocycles. The van der Waals surface area contributed by atoms with Gasteiger partial charge in [-0.05, 0) is 30.9 Å². The van der Waals surface area contributed by atoms with Gasteiger partial charge in [0.2, 0.25) is 6.54 Å². The number of thiophene rings is 1. The predicted molar refractivity (Wildman–Crippen MR) is 120 cm³/mol. The monoisotopic (exact) mass is 457 g/mol. The van der Waals surface area contributed by atoms with Gasteiger partial charge in [0.1, 0.15) is 16.5 Å². The van der Waals surface area contributed by atoms with E-state index in [-0.39, 0.29) is 47.7 Å². The van der Waals surface area contributed by atoms with E-state index in [2.05, 4.69) is 5.32 Å². The molecule has 0 unspecified atom stereocenters. The number of benzene rings is 1. The number of nitrogens with one attached hydrogen (secondary N) is 1. The van der Waals surface area contributed by atoms with Gasteiger partial charge in [0.25, 0.3) is 5.91 Å². The van der Waals surface area contributed by atoms with Gasteiger partial charge in [-0.1, -0.05) is 18.2 Å². The number of aromatic nitrogens is 1. The lowest BCUT2D eigenvalue weighted by molar-refractivity contribution is -0.682. The average molecular weight is 458 g/mol. The number of nitrogens with zero attached hydrogens (tertiary/aromatic N) is 1. The molecular formula is C23H25N2O6S+. The van der Waals surface area contributed by atoms with Crippen molar-refractivity contribution in [1.29, 1.82) is 0 Å². The first-order valence-corrected chi connectivity index (χ1v) is 10.9. The van der Waals surface area contributed by atoms with Crippen molar-refractivity contribution in [3.05, 3.63) is 58.7 Å². The number of anilines is 1. The number of esters is 2. The maximum absolute atomic E-state index is 12.7. The van der Waals surface area contributed by atoms with E-state index in [0.29, 0.717) is 5.56 Å². The topological polar surface area (TPSA) is 94.8 Å². The molecule has 0 saturated heterocycles. The van der Waals surface area contributed by atoms with Crippen LogP contribution < -0.4 is 9.88 Å². The molecule has 0 aliphatic heterocycles. The van der Waals surface area contributed by atoms with Gasteiger partial charge in [-0.3, -0.25) is 4.79 Å². The van der Waals surface area contributed by atoms with Gasteiger partial charge in [0.05, 0.1) is 18.8 Å². The van der Waals surface area contributed by atoms with Crippen LogP contribution in [0.25, 0.3) is 10.8 Å². The number of hydrogen-bond acceptors (Lipinski definition) is 7. The number of ether oxygens (including phenoxy) is 3. The Morgan fingerprint density at radius 2 is 1.78 bits per heavy atom. The summed E-state index contributed by atoms with van der Waals surface area (Å²) in [5.41, 5.74) is 0.567. The summed E-state index contributed by atoms with van der Waals surface area (Å²) in [6.07, 6.45) is 3.69. The molecule has 1 aromatic carbocycles. The number of methoxy groups -OCH3 is 1. The van der Waals surface area contributed by atoms with E-state index < -0.39 is 11.9 Å². The lowest BCUT2D eigenvalue weighted by atomic mass is 10.1. The summed E-state index contributed by atoms with van der Waals surface area (Å²) in [6, 6.07) is 9.77. The molecule has 1 N–H and O–H groups in total. The minimum atomic E-state index is -0.606. The molecule has 0 atom stereocenters. The number of pyridine rings is 1. The molecule has 0 saturated carbocycles. The molecule has 0 aliphatic rings. The molecule has 168 valence electrons. The van der Waals surface area contributed by atoms with E-state index in [1.165, 1.54) is 7.11 Å². The average Bonchev–Trinajstić information content (AvgIpc) is 3.09. The Hall–Kier alpha value is -3.30. The Morgan fingerprint density at radius 3 is 2.50 bits per heavy atom. The van der Waals surface area contributed by atoms with Crippen LogP contribution in [-0.2, 0) is 25.5 Å². The Labute approximate surface area is 189 Å². The van der Waals surface area contributed by atoms with E-state index in [0.717, 1.165) is 22.1 Å². The number of rotatable bonds is 9. The SMILES string of the molecule is CCOC(=O)c1c(NC(=O)C[n+]2ccc3ccccc3c2)sc(C(=O)OCCOC)c1C. The largest absolute Gasteiger partial charge is 0.462 e. The van der Waals surface area contributed by atoms with Gasteiger partial charge < -0.3 is 19.5 Å². The summed E-state index contributed by atoms with van der Waals surface area (Å²) in [7, 11) is 1.50. The van der Waals surface area contributed by atoms with Crippen LogP contribution in [0.3, 0.4) is 0 Å². The lowest BCUT2D eigenvalue weighted by Crippen LogP contribution is -2.39. The first-order valence-electron chi connectivity index (χ1n) is 10.1. The van der Waals surface area contributed by atoms with Gasteiger partial charge in [0.15, 0.2) is 12.4 Å². The molecule has 0 aliphatic carbocycles. The van der Waals surface area contributed by atoms with Crippen LogP contribution >= 0.6 is 11.3 Å². The maximum Gasteiger partial charge on any atom is 0.348 e. The van der Waals surface area contributed by atoms with Crippen molar-refractivity contribution in [1.82, 2.24) is 0 Å². The van der Waals surface area contributed by atoms with Gasteiger partial charge in [-0.15, -0.1) is 11.3 Å². The molecule has 0 fully saturated rings. The van der Waals surface area contributed by atoms with Gasteiger partial charge >= 0.3 is 11.9 Å². The second kappa shape index (κ2) is 10.8. The normalized spacial score (nSPS) is 10.7. The molecule has 9 heteroatoms. The van der Waals surface area contributed by atoms with Crippen LogP contribution in [0.1, 0.15) is 32.5 Å². The Morgan fingerprint density at radius 1 is 1.03 bits per heavy atom. The van der Waals surface area contributed by atoms with E-state index >= 15 is 0 Å². The van der Waals surface area contributed by atoms with E-state index in [1.54, 1.807) is 18.4 Å². The summed E-state index contributed by atoms with van der Waals surface area (Å²) >= 11 is 0.991. The van der Waals surface area contributed by atoms with Crippen LogP contribution in [0.2, 0.25) is 0 Å². The zero-order valence-corrected chi connectivity index (χ0v) is 19.0. The highest BCUT2D eigenvalue weighted by Gasteiger charge is 2.28. The second-order valence-corrected chi connectivity index (χ2v) is 7.92. The predicted octanol–water partition coefficient (Wildman–Crippen LogP) is 3.12. The molecule has 0 bridgehead atoms. The molecule has 8 nitrogen and oxygen atoms in total. The Balaban J connectivity index is 1.82. The minimum Gasteiger partial charge on any atom is -0.462 e. The van der Waals surface area contributed by atoms with E-state index in [9.17, 15) is 14.4 Å². The van der Waals surface area contributed by atoms with Gasteiger partial charge in [0, 0.05) is 18.6 Å². The van der Waals surface area contributed by atoms with Crippen LogP contribution in [-0.4, -0.2) is 44.8 Å².